The number of unbranched alkanes of at least 4 members (excludes halogenated alkanes) is 3. The van der Waals surface area contributed by atoms with Crippen LogP contribution in [0.25, 0.3) is 33.4 Å². The average Bonchev–Trinajstić information content (AvgIpc) is 3.71. The number of rotatable bonds is 11. The van der Waals surface area contributed by atoms with Crippen LogP contribution >= 0.6 is 23.5 Å². The lowest BCUT2D eigenvalue weighted by Crippen LogP contribution is -2.18. The summed E-state index contributed by atoms with van der Waals surface area (Å²) in [5, 5.41) is 41.9. The highest BCUT2D eigenvalue weighted by Gasteiger charge is 2.28. The van der Waals surface area contributed by atoms with Crippen LogP contribution in [0.4, 0.5) is 0 Å². The van der Waals surface area contributed by atoms with Crippen molar-refractivity contribution >= 4 is 45.6 Å². The normalized spacial score (nSPS) is 13.0. The topological polar surface area (TPSA) is 102 Å². The van der Waals surface area contributed by atoms with Crippen molar-refractivity contribution in [2.75, 3.05) is 11.5 Å². The van der Waals surface area contributed by atoms with Gasteiger partial charge in [-0.05, 0) is 106 Å². The lowest BCUT2D eigenvalue weighted by atomic mass is 9.80. The van der Waals surface area contributed by atoms with Gasteiger partial charge in [0.15, 0.2) is 0 Å². The van der Waals surface area contributed by atoms with Crippen LogP contribution in [0, 0.1) is 0 Å². The monoisotopic (exact) mass is 792 g/mol. The molecule has 2 aromatic heterocycles. The third kappa shape index (κ3) is 9.39. The van der Waals surface area contributed by atoms with Crippen LogP contribution < -0.4 is 0 Å². The van der Waals surface area contributed by atoms with Crippen molar-refractivity contribution in [3.8, 4) is 22.9 Å². The molecule has 0 spiro atoms. The maximum atomic E-state index is 11.3. The van der Waals surface area contributed by atoms with Crippen LogP contribution in [-0.4, -0.2) is 51.7 Å². The Bertz CT molecular complexity index is 2180. The van der Waals surface area contributed by atoms with Crippen LogP contribution in [0.3, 0.4) is 0 Å². The number of hydrogen-bond acceptors (Lipinski definition) is 8. The highest BCUT2D eigenvalue weighted by molar-refractivity contribution is 7.99. The van der Waals surface area contributed by atoms with E-state index < -0.39 is 0 Å². The highest BCUT2D eigenvalue weighted by atomic mass is 32.2. The van der Waals surface area contributed by atoms with Crippen molar-refractivity contribution in [2.24, 2.45) is 0 Å². The second-order valence-corrected chi connectivity index (χ2v) is 21.5. The molecular weight excluding hydrogens is 733 g/mol. The molecule has 6 rings (SSSR count). The standard InChI is InChI=1S/C46H60N6O2S2/c1-43(2,3)29-23-33(45(7,8)9)41(53)39(25-29)51-47-35-19-17-31(27-37(35)49-51)55-21-15-13-14-16-22-56-32-18-20-36-38(28-32)50-52(48-36)40-26-30(44(4,5)6)24-34(42(40)54)46(10,11)12/h17-20,23-28,53-54H,13-16,21-22H2,1-12H3. The Morgan fingerprint density at radius 1 is 0.446 bits per heavy atom. The number of aromatic nitrogens is 6. The summed E-state index contributed by atoms with van der Waals surface area (Å²) in [6.45, 7) is 25.8. The number of phenols is 2. The fourth-order valence-electron chi connectivity index (χ4n) is 6.67. The van der Waals surface area contributed by atoms with E-state index in [0.717, 1.165) is 68.7 Å². The van der Waals surface area contributed by atoms with Crippen LogP contribution in [-0.2, 0) is 21.7 Å². The first-order chi connectivity index (χ1) is 26.1. The van der Waals surface area contributed by atoms with Gasteiger partial charge in [-0.25, -0.2) is 0 Å². The summed E-state index contributed by atoms with van der Waals surface area (Å²) in [6, 6.07) is 20.8. The van der Waals surface area contributed by atoms with Gasteiger partial charge in [0.1, 0.15) is 44.9 Å². The smallest absolute Gasteiger partial charge is 0.146 e. The van der Waals surface area contributed by atoms with E-state index in [4.69, 9.17) is 20.4 Å². The minimum atomic E-state index is -0.224. The van der Waals surface area contributed by atoms with E-state index in [1.807, 2.05) is 47.8 Å². The molecular formula is C46H60N6O2S2. The van der Waals surface area contributed by atoms with Crippen LogP contribution in [0.2, 0.25) is 0 Å². The fourth-order valence-corrected chi connectivity index (χ4v) is 8.56. The van der Waals surface area contributed by atoms with E-state index in [1.165, 1.54) is 22.6 Å². The molecule has 2 N–H and O–H groups in total. The van der Waals surface area contributed by atoms with Crippen LogP contribution in [0.5, 0.6) is 11.5 Å². The molecule has 0 aliphatic heterocycles. The molecule has 0 aliphatic rings. The second-order valence-electron chi connectivity index (χ2n) is 19.2. The van der Waals surface area contributed by atoms with E-state index >= 15 is 0 Å². The zero-order valence-corrected chi connectivity index (χ0v) is 37.0. The predicted octanol–water partition coefficient (Wildman–Crippen LogP) is 12.2. The van der Waals surface area contributed by atoms with Crippen molar-refractivity contribution in [1.29, 1.82) is 0 Å². The van der Waals surface area contributed by atoms with Gasteiger partial charge in [-0.15, -0.1) is 53.5 Å². The van der Waals surface area contributed by atoms with E-state index in [1.54, 1.807) is 9.59 Å². The highest BCUT2D eigenvalue weighted by Crippen LogP contribution is 2.41. The SMILES string of the molecule is CC(C)(C)c1cc(-n2nc3ccc(SCCCCCCSc4ccc5nn(-c6cc(C(C)(C)C)cc(C(C)(C)C)c6O)nc5c4)cc3n2)c(O)c(C(C)(C)C)c1. The summed E-state index contributed by atoms with van der Waals surface area (Å²) < 4.78 is 0. The molecule has 56 heavy (non-hydrogen) atoms. The van der Waals surface area contributed by atoms with Gasteiger partial charge in [0.05, 0.1) is 0 Å². The van der Waals surface area contributed by atoms with Crippen LogP contribution in [0.1, 0.15) is 131 Å². The molecule has 0 saturated carbocycles. The molecule has 298 valence electrons. The van der Waals surface area contributed by atoms with Crippen molar-refractivity contribution in [1.82, 2.24) is 30.0 Å². The van der Waals surface area contributed by atoms with Crippen LogP contribution in [0.15, 0.2) is 70.5 Å². The molecule has 0 aliphatic carbocycles. The summed E-state index contributed by atoms with van der Waals surface area (Å²) in [6.07, 6.45) is 4.68. The summed E-state index contributed by atoms with van der Waals surface area (Å²) in [5.41, 5.74) is 7.99. The quantitative estimate of drug-likeness (QED) is 0.0988. The van der Waals surface area contributed by atoms with Gasteiger partial charge < -0.3 is 10.2 Å². The van der Waals surface area contributed by atoms with Gasteiger partial charge in [0, 0.05) is 20.9 Å². The lowest BCUT2D eigenvalue weighted by Gasteiger charge is -2.27. The number of phenolic OH excluding ortho intramolecular Hbond substituents is 2. The average molecular weight is 793 g/mol. The lowest BCUT2D eigenvalue weighted by molar-refractivity contribution is 0.437. The van der Waals surface area contributed by atoms with Gasteiger partial charge in [-0.3, -0.25) is 0 Å². The molecule has 6 aromatic rings. The Morgan fingerprint density at radius 2 is 0.804 bits per heavy atom. The Hall–Kier alpha value is -4.02. The molecule has 0 radical (unpaired) electrons. The maximum absolute atomic E-state index is 11.3. The first-order valence-electron chi connectivity index (χ1n) is 19.9. The maximum Gasteiger partial charge on any atom is 0.146 e. The second kappa shape index (κ2) is 15.7. The number of thioether (sulfide) groups is 2. The first-order valence-corrected chi connectivity index (χ1v) is 21.8. The third-order valence-electron chi connectivity index (χ3n) is 10.2. The van der Waals surface area contributed by atoms with E-state index in [0.29, 0.717) is 11.4 Å². The minimum Gasteiger partial charge on any atom is -0.505 e. The number of hydrogen-bond donors (Lipinski definition) is 2. The Morgan fingerprint density at radius 3 is 1.14 bits per heavy atom. The zero-order chi connectivity index (χ0) is 40.8. The van der Waals surface area contributed by atoms with E-state index in [9.17, 15) is 10.2 Å². The largest absolute Gasteiger partial charge is 0.505 e. The summed E-state index contributed by atoms with van der Waals surface area (Å²) in [7, 11) is 0. The van der Waals surface area contributed by atoms with Crippen molar-refractivity contribution in [3.05, 3.63) is 82.9 Å². The Kier molecular flexibility index (Phi) is 11.7. The number of nitrogens with zero attached hydrogens (tertiary/aromatic N) is 6. The van der Waals surface area contributed by atoms with Crippen molar-refractivity contribution < 1.29 is 10.2 Å². The minimum absolute atomic E-state index is 0.0826. The number of aromatic hydroxyl groups is 2. The predicted molar refractivity (Wildman–Crippen MR) is 236 cm³/mol. The molecule has 0 saturated heterocycles. The molecule has 0 atom stereocenters. The fraction of sp³-hybridized carbons (Fsp3) is 0.478. The van der Waals surface area contributed by atoms with Crippen molar-refractivity contribution in [3.63, 3.8) is 0 Å². The van der Waals surface area contributed by atoms with Gasteiger partial charge in [-0.1, -0.05) is 108 Å². The van der Waals surface area contributed by atoms with E-state index in [2.05, 4.69) is 119 Å². The van der Waals surface area contributed by atoms with Gasteiger partial charge in [0.2, 0.25) is 0 Å². The summed E-state index contributed by atoms with van der Waals surface area (Å²) in [4.78, 5) is 5.56. The molecule has 0 unspecified atom stereocenters. The molecule has 2 heterocycles. The summed E-state index contributed by atoms with van der Waals surface area (Å²) >= 11 is 3.72. The molecule has 8 nitrogen and oxygen atoms in total. The number of fused-ring (bicyclic) bond motifs is 2. The van der Waals surface area contributed by atoms with E-state index in [-0.39, 0.29) is 33.2 Å². The zero-order valence-electron chi connectivity index (χ0n) is 35.4. The molecule has 4 aromatic carbocycles. The van der Waals surface area contributed by atoms with Crippen molar-refractivity contribution in [2.45, 2.75) is 140 Å². The molecule has 0 bridgehead atoms. The Labute approximate surface area is 341 Å². The molecule has 0 fully saturated rings. The van der Waals surface area contributed by atoms with Gasteiger partial charge >= 0.3 is 0 Å². The Balaban J connectivity index is 1.01. The van der Waals surface area contributed by atoms with Gasteiger partial charge in [0.25, 0.3) is 0 Å². The first kappa shape index (κ1) is 41.6. The molecule has 0 amide bonds. The molecule has 10 heteroatoms. The van der Waals surface area contributed by atoms with Gasteiger partial charge in [-0.2, -0.15) is 0 Å². The summed E-state index contributed by atoms with van der Waals surface area (Å²) in [5.74, 6) is 2.57. The third-order valence-corrected chi connectivity index (χ3v) is 12.4. The number of benzene rings is 4.